The Morgan fingerprint density at radius 3 is 2.61 bits per heavy atom. The number of carbonyl (C=O) groups excluding carboxylic acids is 1. The molecular weight excluding hydrogens is 316 g/mol. The molecule has 7 heteroatoms. The van der Waals surface area contributed by atoms with Crippen molar-refractivity contribution in [2.45, 2.75) is 31.3 Å². The van der Waals surface area contributed by atoms with Crippen LogP contribution in [0.1, 0.15) is 24.8 Å². The van der Waals surface area contributed by atoms with Gasteiger partial charge in [-0.3, -0.25) is 4.79 Å². The van der Waals surface area contributed by atoms with E-state index < -0.39 is 9.84 Å². The average molecular weight is 334 g/mol. The Balaban J connectivity index is 1.67. The first kappa shape index (κ1) is 15.8. The number of hydrogen-bond donors (Lipinski definition) is 0. The molecule has 23 heavy (non-hydrogen) atoms. The summed E-state index contributed by atoms with van der Waals surface area (Å²) >= 11 is 0. The SMILES string of the molecule is N#Cc1ccccc1OCC(=O)N(C1CC1)[C@H]1CCS(=O)(=O)C1. The number of benzene rings is 1. The van der Waals surface area contributed by atoms with E-state index in [1.807, 2.05) is 6.07 Å². The van der Waals surface area contributed by atoms with Crippen molar-refractivity contribution in [3.63, 3.8) is 0 Å². The predicted octanol–water partition coefficient (Wildman–Crippen LogP) is 1.12. The average Bonchev–Trinajstić information content (AvgIpc) is 3.29. The number of nitriles is 1. The normalized spacial score (nSPS) is 22.3. The largest absolute Gasteiger partial charge is 0.482 e. The Morgan fingerprint density at radius 2 is 2.00 bits per heavy atom. The molecule has 0 aromatic heterocycles. The van der Waals surface area contributed by atoms with Crippen molar-refractivity contribution < 1.29 is 17.9 Å². The van der Waals surface area contributed by atoms with Crippen LogP contribution < -0.4 is 4.74 Å². The first-order valence-electron chi connectivity index (χ1n) is 7.64. The van der Waals surface area contributed by atoms with Crippen LogP contribution in [0.2, 0.25) is 0 Å². The number of hydrogen-bond acceptors (Lipinski definition) is 5. The van der Waals surface area contributed by atoms with Gasteiger partial charge in [-0.1, -0.05) is 12.1 Å². The molecule has 1 saturated heterocycles. The van der Waals surface area contributed by atoms with Gasteiger partial charge in [-0.05, 0) is 31.4 Å². The van der Waals surface area contributed by atoms with Crippen molar-refractivity contribution >= 4 is 15.7 Å². The highest BCUT2D eigenvalue weighted by Crippen LogP contribution is 2.32. The van der Waals surface area contributed by atoms with E-state index in [0.717, 1.165) is 12.8 Å². The summed E-state index contributed by atoms with van der Waals surface area (Å²) in [5.41, 5.74) is 0.377. The molecule has 1 atom stereocenters. The van der Waals surface area contributed by atoms with Gasteiger partial charge in [-0.2, -0.15) is 5.26 Å². The molecule has 1 heterocycles. The zero-order valence-corrected chi connectivity index (χ0v) is 13.5. The Hall–Kier alpha value is -2.07. The molecule has 0 radical (unpaired) electrons. The van der Waals surface area contributed by atoms with Crippen molar-refractivity contribution in [2.24, 2.45) is 0 Å². The topological polar surface area (TPSA) is 87.5 Å². The molecule has 0 bridgehead atoms. The van der Waals surface area contributed by atoms with Crippen LogP contribution >= 0.6 is 0 Å². The molecule has 2 aliphatic rings. The summed E-state index contributed by atoms with van der Waals surface area (Å²) in [6.07, 6.45) is 2.33. The van der Waals surface area contributed by atoms with E-state index in [4.69, 9.17) is 10.00 Å². The van der Waals surface area contributed by atoms with Crippen LogP contribution in [0.4, 0.5) is 0 Å². The molecule has 1 aromatic carbocycles. The molecule has 1 aliphatic carbocycles. The molecule has 122 valence electrons. The predicted molar refractivity (Wildman–Crippen MR) is 83.6 cm³/mol. The summed E-state index contributed by atoms with van der Waals surface area (Å²) in [5, 5.41) is 9.03. The van der Waals surface area contributed by atoms with Gasteiger partial charge < -0.3 is 9.64 Å². The van der Waals surface area contributed by atoms with E-state index in [9.17, 15) is 13.2 Å². The Bertz CT molecular complexity index is 750. The highest BCUT2D eigenvalue weighted by Gasteiger charge is 2.42. The van der Waals surface area contributed by atoms with Crippen LogP contribution in [0.15, 0.2) is 24.3 Å². The fraction of sp³-hybridized carbons (Fsp3) is 0.500. The van der Waals surface area contributed by atoms with Gasteiger partial charge in [-0.25, -0.2) is 8.42 Å². The number of carbonyl (C=O) groups is 1. The van der Waals surface area contributed by atoms with E-state index in [2.05, 4.69) is 0 Å². The first-order valence-corrected chi connectivity index (χ1v) is 9.46. The molecule has 1 saturated carbocycles. The van der Waals surface area contributed by atoms with Gasteiger partial charge in [-0.15, -0.1) is 0 Å². The van der Waals surface area contributed by atoms with Gasteiger partial charge in [0.05, 0.1) is 17.1 Å². The van der Waals surface area contributed by atoms with E-state index in [1.165, 1.54) is 0 Å². The molecule has 0 spiro atoms. The molecule has 1 aromatic rings. The Kier molecular flexibility index (Phi) is 4.26. The highest BCUT2D eigenvalue weighted by atomic mass is 32.2. The fourth-order valence-electron chi connectivity index (χ4n) is 2.95. The molecule has 0 N–H and O–H groups in total. The van der Waals surface area contributed by atoms with Crippen molar-refractivity contribution in [1.82, 2.24) is 4.90 Å². The molecule has 1 amide bonds. The number of nitrogens with zero attached hydrogens (tertiary/aromatic N) is 2. The summed E-state index contributed by atoms with van der Waals surface area (Å²) in [5.74, 6) is 0.358. The second kappa shape index (κ2) is 6.20. The fourth-order valence-corrected chi connectivity index (χ4v) is 4.66. The van der Waals surface area contributed by atoms with Gasteiger partial charge >= 0.3 is 0 Å². The summed E-state index contributed by atoms with van der Waals surface area (Å²) < 4.78 is 28.8. The van der Waals surface area contributed by atoms with Crippen LogP contribution in [0.5, 0.6) is 5.75 Å². The van der Waals surface area contributed by atoms with Crippen LogP contribution in [0.3, 0.4) is 0 Å². The third-order valence-electron chi connectivity index (χ3n) is 4.19. The van der Waals surface area contributed by atoms with Gasteiger partial charge in [0.1, 0.15) is 11.8 Å². The minimum absolute atomic E-state index is 0.0457. The summed E-state index contributed by atoms with van der Waals surface area (Å²) in [4.78, 5) is 14.2. The lowest BCUT2D eigenvalue weighted by Gasteiger charge is -2.28. The van der Waals surface area contributed by atoms with Gasteiger partial charge in [0.2, 0.25) is 0 Å². The van der Waals surface area contributed by atoms with Crippen LogP contribution in [-0.4, -0.2) is 49.4 Å². The molecular formula is C16H18N2O4S. The molecule has 3 rings (SSSR count). The first-order chi connectivity index (χ1) is 11.0. The van der Waals surface area contributed by atoms with E-state index in [-0.39, 0.29) is 36.1 Å². The Morgan fingerprint density at radius 1 is 1.26 bits per heavy atom. The van der Waals surface area contributed by atoms with Gasteiger partial charge in [0.25, 0.3) is 5.91 Å². The minimum Gasteiger partial charge on any atom is -0.482 e. The molecule has 0 unspecified atom stereocenters. The zero-order valence-electron chi connectivity index (χ0n) is 12.6. The third-order valence-corrected chi connectivity index (χ3v) is 5.94. The highest BCUT2D eigenvalue weighted by molar-refractivity contribution is 7.91. The number of para-hydroxylation sites is 1. The molecule has 1 aliphatic heterocycles. The maximum Gasteiger partial charge on any atom is 0.261 e. The monoisotopic (exact) mass is 334 g/mol. The van der Waals surface area contributed by atoms with Crippen molar-refractivity contribution in [2.75, 3.05) is 18.1 Å². The van der Waals surface area contributed by atoms with Crippen molar-refractivity contribution in [3.05, 3.63) is 29.8 Å². The quantitative estimate of drug-likeness (QED) is 0.805. The number of sulfone groups is 1. The Labute approximate surface area is 135 Å². The summed E-state index contributed by atoms with van der Waals surface area (Å²) in [7, 11) is -3.04. The van der Waals surface area contributed by atoms with Crippen molar-refractivity contribution in [1.29, 1.82) is 5.26 Å². The van der Waals surface area contributed by atoms with Gasteiger partial charge in [0, 0.05) is 12.1 Å². The molecule has 2 fully saturated rings. The summed E-state index contributed by atoms with van der Waals surface area (Å²) in [6, 6.07) is 8.66. The maximum absolute atomic E-state index is 12.5. The second-order valence-corrected chi connectivity index (χ2v) is 8.21. The number of rotatable bonds is 5. The van der Waals surface area contributed by atoms with Crippen LogP contribution in [0.25, 0.3) is 0 Å². The van der Waals surface area contributed by atoms with E-state index in [0.29, 0.717) is 17.7 Å². The smallest absolute Gasteiger partial charge is 0.261 e. The minimum atomic E-state index is -3.04. The van der Waals surface area contributed by atoms with E-state index >= 15 is 0 Å². The lowest BCUT2D eigenvalue weighted by Crippen LogP contribution is -2.45. The lowest BCUT2D eigenvalue weighted by atomic mass is 10.2. The van der Waals surface area contributed by atoms with Crippen LogP contribution in [0, 0.1) is 11.3 Å². The second-order valence-electron chi connectivity index (χ2n) is 5.99. The maximum atomic E-state index is 12.5. The number of amides is 1. The van der Waals surface area contributed by atoms with E-state index in [1.54, 1.807) is 29.2 Å². The summed E-state index contributed by atoms with van der Waals surface area (Å²) in [6.45, 7) is -0.175. The molecule has 6 nitrogen and oxygen atoms in total. The third kappa shape index (κ3) is 3.64. The number of ether oxygens (including phenoxy) is 1. The standard InChI is InChI=1S/C16H18N2O4S/c17-9-12-3-1-2-4-15(12)22-10-16(19)18(13-5-6-13)14-7-8-23(20,21)11-14/h1-4,13-14H,5-8,10-11H2/t14-/m0/s1. The van der Waals surface area contributed by atoms with Crippen LogP contribution in [-0.2, 0) is 14.6 Å². The van der Waals surface area contributed by atoms with Gasteiger partial charge in [0.15, 0.2) is 16.4 Å². The van der Waals surface area contributed by atoms with Crippen molar-refractivity contribution in [3.8, 4) is 11.8 Å². The zero-order chi connectivity index (χ0) is 16.4. The lowest BCUT2D eigenvalue weighted by molar-refractivity contribution is -0.135.